The number of terminal acetylenes is 1. The van der Waals surface area contributed by atoms with Crippen LogP contribution in [0.25, 0.3) is 0 Å². The summed E-state index contributed by atoms with van der Waals surface area (Å²) >= 11 is 0. The average molecular weight is 169 g/mol. The Kier molecular flexibility index (Phi) is 4.77. The van der Waals surface area contributed by atoms with E-state index in [1.165, 1.54) is 0 Å². The van der Waals surface area contributed by atoms with Crippen LogP contribution in [0.2, 0.25) is 0 Å². The third kappa shape index (κ3) is 3.72. The maximum atomic E-state index is 5.32. The Labute approximate surface area is 73.4 Å². The third-order valence-electron chi connectivity index (χ3n) is 1.79. The summed E-state index contributed by atoms with van der Waals surface area (Å²) in [5.74, 6) is 2.58. The highest BCUT2D eigenvalue weighted by molar-refractivity contribution is 4.84. The molecule has 1 aliphatic rings. The van der Waals surface area contributed by atoms with Gasteiger partial charge in [-0.1, -0.05) is 0 Å². The minimum Gasteiger partial charge on any atom is -0.355 e. The van der Waals surface area contributed by atoms with Crippen molar-refractivity contribution in [2.75, 3.05) is 26.5 Å². The van der Waals surface area contributed by atoms with Crippen LogP contribution in [0, 0.1) is 12.3 Å². The van der Waals surface area contributed by atoms with E-state index < -0.39 is 0 Å². The zero-order valence-electron chi connectivity index (χ0n) is 7.21. The zero-order valence-corrected chi connectivity index (χ0v) is 7.21. The van der Waals surface area contributed by atoms with Crippen molar-refractivity contribution in [3.63, 3.8) is 0 Å². The van der Waals surface area contributed by atoms with Gasteiger partial charge in [0.1, 0.15) is 6.79 Å². The van der Waals surface area contributed by atoms with Gasteiger partial charge in [-0.15, -0.1) is 12.3 Å². The smallest absolute Gasteiger partial charge is 0.147 e. The summed E-state index contributed by atoms with van der Waals surface area (Å²) in [5, 5.41) is 3.23. The van der Waals surface area contributed by atoms with Crippen LogP contribution in [0.4, 0.5) is 0 Å². The Morgan fingerprint density at radius 2 is 2.50 bits per heavy atom. The van der Waals surface area contributed by atoms with Gasteiger partial charge < -0.3 is 14.8 Å². The number of hydrogen-bond acceptors (Lipinski definition) is 3. The molecule has 68 valence electrons. The van der Waals surface area contributed by atoms with E-state index >= 15 is 0 Å². The molecule has 0 aromatic rings. The largest absolute Gasteiger partial charge is 0.355 e. The second-order valence-electron chi connectivity index (χ2n) is 2.76. The molecule has 1 rings (SSSR count). The first-order valence-electron chi connectivity index (χ1n) is 4.27. The molecule has 1 N–H and O–H groups in total. The zero-order chi connectivity index (χ0) is 8.65. The molecule has 12 heavy (non-hydrogen) atoms. The Morgan fingerprint density at radius 1 is 1.58 bits per heavy atom. The molecule has 0 radical (unpaired) electrons. The lowest BCUT2D eigenvalue weighted by Crippen LogP contribution is -2.34. The van der Waals surface area contributed by atoms with Crippen LogP contribution >= 0.6 is 0 Å². The van der Waals surface area contributed by atoms with E-state index in [9.17, 15) is 0 Å². The van der Waals surface area contributed by atoms with Gasteiger partial charge in [0.2, 0.25) is 0 Å². The molecule has 1 heterocycles. The molecule has 3 nitrogen and oxygen atoms in total. The molecular formula is C9H15NO2. The predicted octanol–water partition coefficient (Wildman–Crippen LogP) is 0.362. The van der Waals surface area contributed by atoms with Crippen LogP contribution in [0.3, 0.4) is 0 Å². The van der Waals surface area contributed by atoms with E-state index in [0.717, 1.165) is 32.5 Å². The minimum atomic E-state index is 0.302. The molecule has 0 aromatic heterocycles. The first kappa shape index (κ1) is 9.53. The first-order valence-corrected chi connectivity index (χ1v) is 4.27. The first-order chi connectivity index (χ1) is 5.93. The summed E-state index contributed by atoms with van der Waals surface area (Å²) in [7, 11) is 0. The van der Waals surface area contributed by atoms with Crippen LogP contribution < -0.4 is 5.32 Å². The number of hydrogen-bond donors (Lipinski definition) is 1. The van der Waals surface area contributed by atoms with Gasteiger partial charge in [-0.2, -0.15) is 0 Å². The predicted molar refractivity (Wildman–Crippen MR) is 46.6 cm³/mol. The summed E-state index contributed by atoms with van der Waals surface area (Å²) in [6.45, 7) is 2.99. The average Bonchev–Trinajstić information content (AvgIpc) is 2.14. The molecule has 3 heteroatoms. The highest BCUT2D eigenvalue weighted by Gasteiger charge is 2.12. The monoisotopic (exact) mass is 169 g/mol. The lowest BCUT2D eigenvalue weighted by molar-refractivity contribution is -0.137. The van der Waals surface area contributed by atoms with Gasteiger partial charge in [0, 0.05) is 19.5 Å². The van der Waals surface area contributed by atoms with Crippen molar-refractivity contribution in [3.8, 4) is 12.3 Å². The Bertz CT molecular complexity index is 147. The maximum Gasteiger partial charge on any atom is 0.147 e. The molecule has 0 saturated carbocycles. The van der Waals surface area contributed by atoms with E-state index in [1.54, 1.807) is 0 Å². The molecule has 1 saturated heterocycles. The fourth-order valence-electron chi connectivity index (χ4n) is 1.09. The van der Waals surface area contributed by atoms with Gasteiger partial charge in [-0.3, -0.25) is 0 Å². The van der Waals surface area contributed by atoms with Crippen LogP contribution in [-0.2, 0) is 9.47 Å². The standard InChI is InChI=1S/C9H15NO2/c1-2-3-5-10-7-9-4-6-11-8-12-9/h1,9-10H,3-8H2. The normalized spacial score (nSPS) is 23.4. The molecular weight excluding hydrogens is 154 g/mol. The van der Waals surface area contributed by atoms with E-state index in [4.69, 9.17) is 15.9 Å². The van der Waals surface area contributed by atoms with Crippen molar-refractivity contribution in [1.29, 1.82) is 0 Å². The summed E-state index contributed by atoms with van der Waals surface area (Å²) < 4.78 is 10.4. The fraction of sp³-hybridized carbons (Fsp3) is 0.778. The number of ether oxygens (including phenoxy) is 2. The summed E-state index contributed by atoms with van der Waals surface area (Å²) in [4.78, 5) is 0. The Morgan fingerprint density at radius 3 is 3.17 bits per heavy atom. The van der Waals surface area contributed by atoms with Crippen molar-refractivity contribution in [2.45, 2.75) is 18.9 Å². The van der Waals surface area contributed by atoms with E-state index in [0.29, 0.717) is 12.9 Å². The van der Waals surface area contributed by atoms with Crippen molar-refractivity contribution in [3.05, 3.63) is 0 Å². The summed E-state index contributed by atoms with van der Waals surface area (Å²) in [6.07, 6.45) is 7.17. The molecule has 1 aliphatic heterocycles. The van der Waals surface area contributed by atoms with Crippen molar-refractivity contribution >= 4 is 0 Å². The van der Waals surface area contributed by atoms with Gasteiger partial charge in [-0.25, -0.2) is 0 Å². The topological polar surface area (TPSA) is 30.5 Å². The van der Waals surface area contributed by atoms with Crippen LogP contribution in [0.5, 0.6) is 0 Å². The SMILES string of the molecule is C#CCCNCC1CCOCO1. The molecule has 0 bridgehead atoms. The molecule has 1 unspecified atom stereocenters. The maximum absolute atomic E-state index is 5.32. The van der Waals surface area contributed by atoms with Crippen LogP contribution in [0.15, 0.2) is 0 Å². The van der Waals surface area contributed by atoms with Gasteiger partial charge in [-0.05, 0) is 6.42 Å². The van der Waals surface area contributed by atoms with Crippen molar-refractivity contribution < 1.29 is 9.47 Å². The second-order valence-corrected chi connectivity index (χ2v) is 2.76. The van der Waals surface area contributed by atoms with E-state index in [-0.39, 0.29) is 0 Å². The van der Waals surface area contributed by atoms with Gasteiger partial charge >= 0.3 is 0 Å². The molecule has 0 aliphatic carbocycles. The fourth-order valence-corrected chi connectivity index (χ4v) is 1.09. The van der Waals surface area contributed by atoms with Crippen molar-refractivity contribution in [1.82, 2.24) is 5.32 Å². The second kappa shape index (κ2) is 6.01. The third-order valence-corrected chi connectivity index (χ3v) is 1.79. The summed E-state index contributed by atoms with van der Waals surface area (Å²) in [5.41, 5.74) is 0. The van der Waals surface area contributed by atoms with E-state index in [1.807, 2.05) is 0 Å². The van der Waals surface area contributed by atoms with Crippen LogP contribution in [-0.4, -0.2) is 32.6 Å². The molecule has 0 amide bonds. The Balaban J connectivity index is 1.95. The summed E-state index contributed by atoms with van der Waals surface area (Å²) in [6, 6.07) is 0. The molecule has 0 spiro atoms. The highest BCUT2D eigenvalue weighted by Crippen LogP contribution is 2.03. The van der Waals surface area contributed by atoms with Crippen molar-refractivity contribution in [2.24, 2.45) is 0 Å². The number of rotatable bonds is 4. The highest BCUT2D eigenvalue weighted by atomic mass is 16.7. The molecule has 0 aromatic carbocycles. The lowest BCUT2D eigenvalue weighted by atomic mass is 10.2. The van der Waals surface area contributed by atoms with Crippen LogP contribution in [0.1, 0.15) is 12.8 Å². The van der Waals surface area contributed by atoms with Gasteiger partial charge in [0.05, 0.1) is 12.7 Å². The number of nitrogens with one attached hydrogen (secondary N) is 1. The Hall–Kier alpha value is -0.560. The molecule has 1 atom stereocenters. The van der Waals surface area contributed by atoms with Gasteiger partial charge in [0.25, 0.3) is 0 Å². The minimum absolute atomic E-state index is 0.302. The quantitative estimate of drug-likeness (QED) is 0.487. The lowest BCUT2D eigenvalue weighted by Gasteiger charge is -2.22. The van der Waals surface area contributed by atoms with E-state index in [2.05, 4.69) is 11.2 Å². The van der Waals surface area contributed by atoms with Gasteiger partial charge in [0.15, 0.2) is 0 Å². The molecule has 1 fully saturated rings.